The molecule has 0 amide bonds. The van der Waals surface area contributed by atoms with Crippen molar-refractivity contribution in [3.05, 3.63) is 53.5 Å². The maximum atomic E-state index is 6.04. The zero-order valence-electron chi connectivity index (χ0n) is 11.8. The van der Waals surface area contributed by atoms with E-state index in [-0.39, 0.29) is 12.4 Å². The number of halogens is 1. The van der Waals surface area contributed by atoms with Crippen LogP contribution in [0.3, 0.4) is 0 Å². The van der Waals surface area contributed by atoms with E-state index in [1.807, 2.05) is 24.3 Å². The Bertz CT molecular complexity index is 924. The normalized spacial score (nSPS) is 10.6. The minimum atomic E-state index is 0. The fraction of sp³-hybridized carbons (Fsp3) is 0.0667. The Hall–Kier alpha value is -2.51. The quantitative estimate of drug-likeness (QED) is 0.612. The lowest BCUT2D eigenvalue weighted by Crippen LogP contribution is -1.95. The number of hydrogen-bond donors (Lipinski definition) is 1. The van der Waals surface area contributed by atoms with Crippen molar-refractivity contribution in [3.63, 3.8) is 0 Å². The standard InChI is InChI=1S/C15H11N5OS.ClH/c16-12-11-8-10(7-9-3-1-2-4-17-9)22-15(11)20-13(19-12)14-18-5-6-21-14;/h1-6,8H,7H2,(H2,16,19,20);1H. The predicted octanol–water partition coefficient (Wildman–Crippen LogP) is 3.34. The molecule has 0 saturated heterocycles. The highest BCUT2D eigenvalue weighted by atomic mass is 35.5. The summed E-state index contributed by atoms with van der Waals surface area (Å²) in [7, 11) is 0. The van der Waals surface area contributed by atoms with Crippen LogP contribution in [0.25, 0.3) is 21.9 Å². The molecule has 0 saturated carbocycles. The van der Waals surface area contributed by atoms with Crippen LogP contribution in [0.5, 0.6) is 0 Å². The Morgan fingerprint density at radius 1 is 1.13 bits per heavy atom. The topological polar surface area (TPSA) is 90.7 Å². The maximum absolute atomic E-state index is 6.04. The Morgan fingerprint density at radius 3 is 2.78 bits per heavy atom. The minimum Gasteiger partial charge on any atom is -0.442 e. The first kappa shape index (κ1) is 15.4. The van der Waals surface area contributed by atoms with E-state index in [0.29, 0.717) is 17.5 Å². The second-order valence-corrected chi connectivity index (χ2v) is 5.81. The van der Waals surface area contributed by atoms with Crippen LogP contribution in [0, 0.1) is 0 Å². The number of fused-ring (bicyclic) bond motifs is 1. The van der Waals surface area contributed by atoms with Gasteiger partial charge in [0.05, 0.1) is 11.6 Å². The van der Waals surface area contributed by atoms with Crippen molar-refractivity contribution in [2.75, 3.05) is 5.73 Å². The molecule has 0 aromatic carbocycles. The number of thiophene rings is 1. The molecule has 23 heavy (non-hydrogen) atoms. The first-order chi connectivity index (χ1) is 10.8. The highest BCUT2D eigenvalue weighted by Gasteiger charge is 2.13. The summed E-state index contributed by atoms with van der Waals surface area (Å²) in [5.41, 5.74) is 7.05. The third kappa shape index (κ3) is 3.01. The Labute approximate surface area is 141 Å². The summed E-state index contributed by atoms with van der Waals surface area (Å²) < 4.78 is 5.23. The van der Waals surface area contributed by atoms with Crippen molar-refractivity contribution in [1.82, 2.24) is 19.9 Å². The molecule has 116 valence electrons. The van der Waals surface area contributed by atoms with Crippen molar-refractivity contribution >= 4 is 39.8 Å². The molecule has 4 aromatic heterocycles. The molecule has 2 N–H and O–H groups in total. The lowest BCUT2D eigenvalue weighted by molar-refractivity contribution is 0.569. The van der Waals surface area contributed by atoms with Crippen molar-refractivity contribution < 1.29 is 4.42 Å². The Kier molecular flexibility index (Phi) is 4.22. The Balaban J connectivity index is 0.00000156. The molecular formula is C15H12ClN5OS. The number of rotatable bonds is 3. The average molecular weight is 346 g/mol. The van der Waals surface area contributed by atoms with Gasteiger partial charge >= 0.3 is 0 Å². The van der Waals surface area contributed by atoms with Crippen LogP contribution >= 0.6 is 23.7 Å². The minimum absolute atomic E-state index is 0. The third-order valence-electron chi connectivity index (χ3n) is 3.18. The summed E-state index contributed by atoms with van der Waals surface area (Å²) in [6, 6.07) is 7.89. The monoisotopic (exact) mass is 345 g/mol. The van der Waals surface area contributed by atoms with Gasteiger partial charge in [0, 0.05) is 23.2 Å². The number of aromatic nitrogens is 4. The molecule has 6 nitrogen and oxygen atoms in total. The molecule has 8 heteroatoms. The van der Waals surface area contributed by atoms with Crippen LogP contribution in [0.15, 0.2) is 47.3 Å². The van der Waals surface area contributed by atoms with Gasteiger partial charge < -0.3 is 10.2 Å². The number of nitrogen functional groups attached to an aromatic ring is 1. The zero-order chi connectivity index (χ0) is 14.9. The van der Waals surface area contributed by atoms with E-state index >= 15 is 0 Å². The third-order valence-corrected chi connectivity index (χ3v) is 4.21. The maximum Gasteiger partial charge on any atom is 0.264 e. The first-order valence-electron chi connectivity index (χ1n) is 6.65. The SMILES string of the molecule is Cl.Nc1nc(-c2ncco2)nc2sc(Cc3ccccn3)cc12. The number of pyridine rings is 1. The smallest absolute Gasteiger partial charge is 0.264 e. The molecule has 0 aliphatic rings. The molecule has 0 bridgehead atoms. The van der Waals surface area contributed by atoms with Crippen LogP contribution in [-0.2, 0) is 6.42 Å². The van der Waals surface area contributed by atoms with Crippen LogP contribution in [0.2, 0.25) is 0 Å². The number of hydrogen-bond acceptors (Lipinski definition) is 7. The largest absolute Gasteiger partial charge is 0.442 e. The second kappa shape index (κ2) is 6.31. The van der Waals surface area contributed by atoms with Gasteiger partial charge in [-0.05, 0) is 18.2 Å². The van der Waals surface area contributed by atoms with Gasteiger partial charge in [-0.3, -0.25) is 4.98 Å². The molecular weight excluding hydrogens is 334 g/mol. The molecule has 4 heterocycles. The van der Waals surface area contributed by atoms with Gasteiger partial charge in [-0.2, -0.15) is 0 Å². The molecule has 4 rings (SSSR count). The van der Waals surface area contributed by atoms with E-state index in [9.17, 15) is 0 Å². The van der Waals surface area contributed by atoms with E-state index in [4.69, 9.17) is 10.2 Å². The first-order valence-corrected chi connectivity index (χ1v) is 7.47. The summed E-state index contributed by atoms with van der Waals surface area (Å²) in [4.78, 5) is 19.1. The fourth-order valence-corrected chi connectivity index (χ4v) is 3.24. The fourth-order valence-electron chi connectivity index (χ4n) is 2.19. The molecule has 0 aliphatic carbocycles. The average Bonchev–Trinajstić information content (AvgIpc) is 3.17. The predicted molar refractivity (Wildman–Crippen MR) is 91.6 cm³/mol. The van der Waals surface area contributed by atoms with Gasteiger partial charge in [-0.1, -0.05) is 6.07 Å². The molecule has 0 radical (unpaired) electrons. The summed E-state index contributed by atoms with van der Waals surface area (Å²) in [6.45, 7) is 0. The zero-order valence-corrected chi connectivity index (χ0v) is 13.5. The van der Waals surface area contributed by atoms with Crippen molar-refractivity contribution in [3.8, 4) is 11.7 Å². The van der Waals surface area contributed by atoms with E-state index in [1.165, 1.54) is 6.26 Å². The van der Waals surface area contributed by atoms with E-state index < -0.39 is 0 Å². The number of nitrogens with zero attached hydrogens (tertiary/aromatic N) is 4. The number of anilines is 1. The molecule has 4 aromatic rings. The van der Waals surface area contributed by atoms with Crippen molar-refractivity contribution in [1.29, 1.82) is 0 Å². The van der Waals surface area contributed by atoms with E-state index in [1.54, 1.807) is 23.7 Å². The lowest BCUT2D eigenvalue weighted by atomic mass is 10.2. The number of oxazole rings is 1. The lowest BCUT2D eigenvalue weighted by Gasteiger charge is -1.97. The number of nitrogens with two attached hydrogens (primary N) is 1. The van der Waals surface area contributed by atoms with E-state index in [2.05, 4.69) is 19.9 Å². The summed E-state index contributed by atoms with van der Waals surface area (Å²) in [5, 5.41) is 0.853. The van der Waals surface area contributed by atoms with Crippen LogP contribution in [0.4, 0.5) is 5.82 Å². The van der Waals surface area contributed by atoms with Gasteiger partial charge in [-0.25, -0.2) is 15.0 Å². The molecule has 0 spiro atoms. The van der Waals surface area contributed by atoms with Crippen molar-refractivity contribution in [2.24, 2.45) is 0 Å². The van der Waals surface area contributed by atoms with Gasteiger partial charge in [0.25, 0.3) is 5.89 Å². The highest BCUT2D eigenvalue weighted by molar-refractivity contribution is 7.18. The van der Waals surface area contributed by atoms with Gasteiger partial charge in [0.15, 0.2) is 0 Å². The van der Waals surface area contributed by atoms with Crippen molar-refractivity contribution in [2.45, 2.75) is 6.42 Å². The van der Waals surface area contributed by atoms with Crippen LogP contribution in [-0.4, -0.2) is 19.9 Å². The van der Waals surface area contributed by atoms with Gasteiger partial charge in [0.2, 0.25) is 5.82 Å². The van der Waals surface area contributed by atoms with Gasteiger partial charge in [0.1, 0.15) is 16.9 Å². The second-order valence-electron chi connectivity index (χ2n) is 4.70. The van der Waals surface area contributed by atoms with E-state index in [0.717, 1.165) is 27.2 Å². The van der Waals surface area contributed by atoms with Crippen LogP contribution < -0.4 is 5.73 Å². The summed E-state index contributed by atoms with van der Waals surface area (Å²) in [6.07, 6.45) is 5.58. The highest BCUT2D eigenvalue weighted by Crippen LogP contribution is 2.30. The molecule has 0 unspecified atom stereocenters. The van der Waals surface area contributed by atoms with Gasteiger partial charge in [-0.15, -0.1) is 23.7 Å². The molecule has 0 atom stereocenters. The van der Waals surface area contributed by atoms with Crippen LogP contribution in [0.1, 0.15) is 10.6 Å². The molecule has 0 aliphatic heterocycles. The Morgan fingerprint density at radius 2 is 2.04 bits per heavy atom. The summed E-state index contributed by atoms with van der Waals surface area (Å²) in [5.74, 6) is 1.20. The molecule has 0 fully saturated rings. The summed E-state index contributed by atoms with van der Waals surface area (Å²) >= 11 is 1.58.